The van der Waals surface area contributed by atoms with E-state index in [4.69, 9.17) is 23.2 Å². The monoisotopic (exact) mass is 254 g/mol. The Kier molecular flexibility index (Phi) is 5.38. The van der Waals surface area contributed by atoms with Crippen molar-refractivity contribution in [1.29, 1.82) is 0 Å². The van der Waals surface area contributed by atoms with Crippen LogP contribution in [0, 0.1) is 11.8 Å². The molecular formula is C13H12Cl2O. The number of hydrogen-bond donors (Lipinski definition) is 0. The van der Waals surface area contributed by atoms with Crippen LogP contribution in [-0.4, -0.2) is 6.29 Å². The van der Waals surface area contributed by atoms with Gasteiger partial charge in [0.25, 0.3) is 0 Å². The summed E-state index contributed by atoms with van der Waals surface area (Å²) in [6.45, 7) is 2.12. The Morgan fingerprint density at radius 1 is 1.31 bits per heavy atom. The molecule has 0 amide bonds. The molecule has 0 saturated heterocycles. The van der Waals surface area contributed by atoms with Crippen molar-refractivity contribution < 1.29 is 4.79 Å². The lowest BCUT2D eigenvalue weighted by atomic mass is 10.1. The second-order valence-electron chi connectivity index (χ2n) is 3.38. The first-order valence-electron chi connectivity index (χ1n) is 5.12. The molecule has 1 aromatic carbocycles. The Hall–Kier alpha value is -0.970. The third-order valence-corrected chi connectivity index (χ3v) is 2.73. The van der Waals surface area contributed by atoms with Crippen molar-refractivity contribution in [3.05, 3.63) is 33.3 Å². The molecule has 0 aliphatic rings. The van der Waals surface area contributed by atoms with Crippen molar-refractivity contribution in [3.8, 4) is 11.8 Å². The van der Waals surface area contributed by atoms with E-state index in [1.165, 1.54) is 0 Å². The third kappa shape index (κ3) is 3.56. The van der Waals surface area contributed by atoms with Gasteiger partial charge in [-0.25, -0.2) is 0 Å². The fourth-order valence-corrected chi connectivity index (χ4v) is 1.60. The van der Waals surface area contributed by atoms with Gasteiger partial charge in [-0.05, 0) is 18.6 Å². The predicted molar refractivity (Wildman–Crippen MR) is 68.3 cm³/mol. The molecule has 0 bridgehead atoms. The lowest BCUT2D eigenvalue weighted by Gasteiger charge is -2.00. The minimum atomic E-state index is 0.388. The molecule has 0 N–H and O–H groups in total. The van der Waals surface area contributed by atoms with Crippen LogP contribution in [0.4, 0.5) is 0 Å². The molecule has 0 atom stereocenters. The van der Waals surface area contributed by atoms with Crippen LogP contribution in [-0.2, 0) is 0 Å². The van der Waals surface area contributed by atoms with Gasteiger partial charge in [0.15, 0.2) is 6.29 Å². The molecule has 16 heavy (non-hydrogen) atoms. The van der Waals surface area contributed by atoms with E-state index in [9.17, 15) is 4.79 Å². The molecule has 84 valence electrons. The average Bonchev–Trinajstić information content (AvgIpc) is 2.28. The van der Waals surface area contributed by atoms with Gasteiger partial charge < -0.3 is 0 Å². The molecule has 3 heteroatoms. The summed E-state index contributed by atoms with van der Waals surface area (Å²) >= 11 is 11.9. The topological polar surface area (TPSA) is 17.1 Å². The molecule has 0 fully saturated rings. The maximum Gasteiger partial charge on any atom is 0.151 e. The van der Waals surface area contributed by atoms with Crippen LogP contribution >= 0.6 is 23.2 Å². The maximum absolute atomic E-state index is 10.6. The van der Waals surface area contributed by atoms with Gasteiger partial charge >= 0.3 is 0 Å². The minimum Gasteiger partial charge on any atom is -0.298 e. The summed E-state index contributed by atoms with van der Waals surface area (Å²) in [7, 11) is 0. The standard InChI is InChI=1S/C13H12Cl2O/c1-2-3-4-5-6-10-7-13(15)11(9-16)8-12(10)14/h7-9H,2-4H2,1H3. The van der Waals surface area contributed by atoms with Crippen LogP contribution in [0.25, 0.3) is 0 Å². The number of rotatable bonds is 3. The van der Waals surface area contributed by atoms with Crippen molar-refractivity contribution in [2.75, 3.05) is 0 Å². The number of aldehydes is 1. The zero-order valence-electron chi connectivity index (χ0n) is 9.02. The van der Waals surface area contributed by atoms with Gasteiger partial charge in [-0.2, -0.15) is 0 Å². The second-order valence-corrected chi connectivity index (χ2v) is 4.19. The maximum atomic E-state index is 10.6. The Labute approximate surface area is 106 Å². The highest BCUT2D eigenvalue weighted by Gasteiger charge is 2.04. The minimum absolute atomic E-state index is 0.388. The molecule has 1 nitrogen and oxygen atoms in total. The van der Waals surface area contributed by atoms with E-state index >= 15 is 0 Å². The van der Waals surface area contributed by atoms with Crippen molar-refractivity contribution in [2.24, 2.45) is 0 Å². The number of halogens is 2. The fourth-order valence-electron chi connectivity index (χ4n) is 1.17. The van der Waals surface area contributed by atoms with Crippen molar-refractivity contribution >= 4 is 29.5 Å². The molecule has 1 aromatic rings. The Morgan fingerprint density at radius 2 is 2.06 bits per heavy atom. The summed E-state index contributed by atoms with van der Waals surface area (Å²) in [4.78, 5) is 10.6. The molecule has 0 spiro atoms. The lowest BCUT2D eigenvalue weighted by Crippen LogP contribution is -1.85. The van der Waals surface area contributed by atoms with Gasteiger partial charge in [-0.1, -0.05) is 48.4 Å². The van der Waals surface area contributed by atoms with E-state index in [0.29, 0.717) is 27.5 Å². The molecule has 1 rings (SSSR count). The number of carbonyl (C=O) groups is 1. The summed E-state index contributed by atoms with van der Waals surface area (Å²) in [5, 5.41) is 0.856. The number of carbonyl (C=O) groups excluding carboxylic acids is 1. The average molecular weight is 255 g/mol. The van der Waals surface area contributed by atoms with Crippen molar-refractivity contribution in [3.63, 3.8) is 0 Å². The van der Waals surface area contributed by atoms with Crippen LogP contribution in [0.1, 0.15) is 42.1 Å². The summed E-state index contributed by atoms with van der Waals surface area (Å²) in [5.74, 6) is 5.98. The van der Waals surface area contributed by atoms with E-state index in [0.717, 1.165) is 19.3 Å². The molecule has 0 aliphatic carbocycles. The SMILES string of the molecule is CCCCC#Cc1cc(Cl)c(C=O)cc1Cl. The first kappa shape index (κ1) is 13.1. The molecule has 0 heterocycles. The van der Waals surface area contributed by atoms with Gasteiger partial charge in [0.1, 0.15) is 0 Å². The molecule has 0 radical (unpaired) electrons. The zero-order chi connectivity index (χ0) is 12.0. The fraction of sp³-hybridized carbons (Fsp3) is 0.308. The van der Waals surface area contributed by atoms with Crippen LogP contribution in [0.3, 0.4) is 0 Å². The summed E-state index contributed by atoms with van der Waals surface area (Å²) < 4.78 is 0. The van der Waals surface area contributed by atoms with E-state index in [1.807, 2.05) is 0 Å². The van der Waals surface area contributed by atoms with Gasteiger partial charge in [0.05, 0.1) is 10.0 Å². The normalized spacial score (nSPS) is 9.44. The molecular weight excluding hydrogens is 243 g/mol. The van der Waals surface area contributed by atoms with Gasteiger partial charge in [0.2, 0.25) is 0 Å². The highest BCUT2D eigenvalue weighted by atomic mass is 35.5. The van der Waals surface area contributed by atoms with Crippen LogP contribution in [0.2, 0.25) is 10.0 Å². The van der Waals surface area contributed by atoms with Crippen molar-refractivity contribution in [2.45, 2.75) is 26.2 Å². The van der Waals surface area contributed by atoms with E-state index < -0.39 is 0 Å². The number of unbranched alkanes of at least 4 members (excludes halogenated alkanes) is 2. The zero-order valence-corrected chi connectivity index (χ0v) is 10.5. The van der Waals surface area contributed by atoms with Crippen LogP contribution in [0.15, 0.2) is 12.1 Å². The third-order valence-electron chi connectivity index (χ3n) is 2.09. The smallest absolute Gasteiger partial charge is 0.151 e. The molecule has 0 unspecified atom stereocenters. The summed E-state index contributed by atoms with van der Waals surface area (Å²) in [5.41, 5.74) is 1.07. The quantitative estimate of drug-likeness (QED) is 0.446. The van der Waals surface area contributed by atoms with Crippen LogP contribution in [0.5, 0.6) is 0 Å². The number of benzene rings is 1. The highest BCUT2D eigenvalue weighted by molar-refractivity contribution is 6.35. The lowest BCUT2D eigenvalue weighted by molar-refractivity contribution is 0.112. The van der Waals surface area contributed by atoms with E-state index in [1.54, 1.807) is 12.1 Å². The first-order chi connectivity index (χ1) is 7.69. The summed E-state index contributed by atoms with van der Waals surface area (Å²) in [6, 6.07) is 3.17. The van der Waals surface area contributed by atoms with E-state index in [2.05, 4.69) is 18.8 Å². The Morgan fingerprint density at radius 3 is 2.69 bits per heavy atom. The molecule has 0 aliphatic heterocycles. The largest absolute Gasteiger partial charge is 0.298 e. The van der Waals surface area contributed by atoms with Gasteiger partial charge in [0, 0.05) is 17.5 Å². The van der Waals surface area contributed by atoms with E-state index in [-0.39, 0.29) is 0 Å². The predicted octanol–water partition coefficient (Wildman–Crippen LogP) is 4.35. The summed E-state index contributed by atoms with van der Waals surface area (Å²) in [6.07, 6.45) is 3.72. The first-order valence-corrected chi connectivity index (χ1v) is 5.87. The number of hydrogen-bond acceptors (Lipinski definition) is 1. The molecule has 0 saturated carbocycles. The van der Waals surface area contributed by atoms with Gasteiger partial charge in [-0.3, -0.25) is 4.79 Å². The highest BCUT2D eigenvalue weighted by Crippen LogP contribution is 2.23. The molecule has 0 aromatic heterocycles. The Bertz CT molecular complexity index is 441. The second kappa shape index (κ2) is 6.58. The Balaban J connectivity index is 2.92. The van der Waals surface area contributed by atoms with Crippen molar-refractivity contribution in [1.82, 2.24) is 0 Å². The van der Waals surface area contributed by atoms with Crippen LogP contribution < -0.4 is 0 Å². The van der Waals surface area contributed by atoms with Gasteiger partial charge in [-0.15, -0.1) is 0 Å².